The number of hydrogen-bond donors (Lipinski definition) is 1. The zero-order valence-electron chi connectivity index (χ0n) is 19.5. The van der Waals surface area contributed by atoms with Crippen molar-refractivity contribution in [2.45, 2.75) is 37.9 Å². The number of halogens is 3. The third-order valence-corrected chi connectivity index (χ3v) is 7.76. The number of alkyl halides is 3. The first kappa shape index (κ1) is 24.3. The van der Waals surface area contributed by atoms with Crippen LogP contribution in [0.4, 0.5) is 24.5 Å². The quantitative estimate of drug-likeness (QED) is 0.332. The highest BCUT2D eigenvalue weighted by molar-refractivity contribution is 6.76. The molecule has 0 fully saturated rings. The second-order valence-electron chi connectivity index (χ2n) is 9.92. The van der Waals surface area contributed by atoms with E-state index >= 15 is 0 Å². The highest BCUT2D eigenvalue weighted by Crippen LogP contribution is 2.46. The Morgan fingerprint density at radius 2 is 1.88 bits per heavy atom. The summed E-state index contributed by atoms with van der Waals surface area (Å²) in [7, 11) is -1.27. The standard InChI is InChI=1S/C24H29F3N4O2Si/c1-34(2,3)11-10-33-15-31-22-18-9-8-16(17-6-4-5-7-20(17)28)12-21(18)30(14-24(25,26)27)23(32)19(22)13-29-31/h4-9,12-13,19,22H,10-11,14-15,28H2,1-3H3. The van der Waals surface area contributed by atoms with Gasteiger partial charge in [-0.2, -0.15) is 18.3 Å². The summed E-state index contributed by atoms with van der Waals surface area (Å²) >= 11 is 0. The monoisotopic (exact) mass is 490 g/mol. The van der Waals surface area contributed by atoms with Gasteiger partial charge in [0.25, 0.3) is 0 Å². The number of para-hydroxylation sites is 1. The van der Waals surface area contributed by atoms with Crippen LogP contribution >= 0.6 is 0 Å². The summed E-state index contributed by atoms with van der Waals surface area (Å²) in [5.74, 6) is -1.43. The lowest BCUT2D eigenvalue weighted by molar-refractivity contribution is -0.135. The third-order valence-electron chi connectivity index (χ3n) is 6.06. The highest BCUT2D eigenvalue weighted by atomic mass is 28.3. The first-order chi connectivity index (χ1) is 15.9. The zero-order chi connectivity index (χ0) is 24.7. The average molecular weight is 491 g/mol. The van der Waals surface area contributed by atoms with E-state index in [1.165, 1.54) is 6.21 Å². The van der Waals surface area contributed by atoms with Crippen molar-refractivity contribution in [3.05, 3.63) is 48.0 Å². The summed E-state index contributed by atoms with van der Waals surface area (Å²) < 4.78 is 46.2. The van der Waals surface area contributed by atoms with Crippen LogP contribution in [0.3, 0.4) is 0 Å². The van der Waals surface area contributed by atoms with Crippen LogP contribution in [0.5, 0.6) is 0 Å². The van der Waals surface area contributed by atoms with Crippen molar-refractivity contribution < 1.29 is 22.7 Å². The fourth-order valence-electron chi connectivity index (χ4n) is 4.30. The highest BCUT2D eigenvalue weighted by Gasteiger charge is 2.48. The molecule has 0 saturated heterocycles. The maximum Gasteiger partial charge on any atom is 0.406 e. The van der Waals surface area contributed by atoms with E-state index in [-0.39, 0.29) is 12.4 Å². The average Bonchev–Trinajstić information content (AvgIpc) is 3.17. The second kappa shape index (κ2) is 9.07. The summed E-state index contributed by atoms with van der Waals surface area (Å²) in [6.45, 7) is 6.14. The molecule has 2 aliphatic heterocycles. The second-order valence-corrected chi connectivity index (χ2v) is 15.5. The minimum atomic E-state index is -4.54. The van der Waals surface area contributed by atoms with Crippen molar-refractivity contribution in [3.63, 3.8) is 0 Å². The molecule has 0 spiro atoms. The van der Waals surface area contributed by atoms with Crippen LogP contribution in [0, 0.1) is 5.92 Å². The SMILES string of the molecule is C[Si](C)(C)CCOCN1N=CC2C(=O)N(CC(F)(F)F)c3cc(-c4ccccc4N)ccc3C21. The molecule has 0 aliphatic carbocycles. The van der Waals surface area contributed by atoms with Gasteiger partial charge in [-0.05, 0) is 23.7 Å². The summed E-state index contributed by atoms with van der Waals surface area (Å²) in [5, 5.41) is 5.99. The Balaban J connectivity index is 1.68. The molecule has 2 unspecified atom stereocenters. The Morgan fingerprint density at radius 1 is 1.15 bits per heavy atom. The van der Waals surface area contributed by atoms with E-state index in [1.807, 2.05) is 12.1 Å². The van der Waals surface area contributed by atoms with E-state index in [9.17, 15) is 18.0 Å². The molecule has 0 radical (unpaired) electrons. The van der Waals surface area contributed by atoms with E-state index in [0.29, 0.717) is 29.0 Å². The molecule has 2 aromatic rings. The van der Waals surface area contributed by atoms with E-state index in [4.69, 9.17) is 10.5 Å². The molecule has 2 aromatic carbocycles. The van der Waals surface area contributed by atoms with Crippen molar-refractivity contribution in [2.24, 2.45) is 11.0 Å². The van der Waals surface area contributed by atoms with Crippen LogP contribution < -0.4 is 10.6 Å². The molecule has 1 amide bonds. The van der Waals surface area contributed by atoms with E-state index in [2.05, 4.69) is 24.7 Å². The molecule has 6 nitrogen and oxygen atoms in total. The molecule has 4 rings (SSSR count). The van der Waals surface area contributed by atoms with Gasteiger partial charge in [0.05, 0.1) is 11.7 Å². The number of amides is 1. The van der Waals surface area contributed by atoms with Crippen molar-refractivity contribution in [1.29, 1.82) is 0 Å². The Hall–Kier alpha value is -2.85. The number of hydrogen-bond acceptors (Lipinski definition) is 5. The van der Waals surface area contributed by atoms with Gasteiger partial charge in [0.15, 0.2) is 0 Å². The molecule has 10 heteroatoms. The van der Waals surface area contributed by atoms with Gasteiger partial charge in [-0.3, -0.25) is 9.80 Å². The fraction of sp³-hybridized carbons (Fsp3) is 0.417. The molecule has 0 aromatic heterocycles. The van der Waals surface area contributed by atoms with Gasteiger partial charge in [-0.15, -0.1) is 0 Å². The van der Waals surface area contributed by atoms with Gasteiger partial charge in [0.2, 0.25) is 5.91 Å². The molecule has 2 heterocycles. The Kier molecular flexibility index (Phi) is 6.47. The van der Waals surface area contributed by atoms with Gasteiger partial charge >= 0.3 is 6.18 Å². The zero-order valence-corrected chi connectivity index (χ0v) is 20.5. The number of carbonyl (C=O) groups is 1. The smallest absolute Gasteiger partial charge is 0.398 e. The molecule has 2 aliphatic rings. The van der Waals surface area contributed by atoms with Crippen LogP contribution in [0.15, 0.2) is 47.6 Å². The number of hydrazone groups is 1. The minimum absolute atomic E-state index is 0.168. The van der Waals surface area contributed by atoms with Gasteiger partial charge in [0.1, 0.15) is 19.2 Å². The van der Waals surface area contributed by atoms with E-state index in [0.717, 1.165) is 10.9 Å². The molecule has 2 atom stereocenters. The minimum Gasteiger partial charge on any atom is -0.398 e. The predicted octanol–water partition coefficient (Wildman–Crippen LogP) is 5.12. The summed E-state index contributed by atoms with van der Waals surface area (Å²) in [5.41, 5.74) is 8.78. The lowest BCUT2D eigenvalue weighted by Gasteiger charge is -2.39. The maximum atomic E-state index is 13.4. The number of nitrogen functional groups attached to an aromatic ring is 1. The fourth-order valence-corrected chi connectivity index (χ4v) is 5.05. The van der Waals surface area contributed by atoms with Gasteiger partial charge in [-0.25, -0.2) is 0 Å². The molecular weight excluding hydrogens is 461 g/mol. The number of anilines is 2. The number of fused-ring (bicyclic) bond motifs is 3. The topological polar surface area (TPSA) is 71.2 Å². The van der Waals surface area contributed by atoms with Crippen molar-refractivity contribution in [2.75, 3.05) is 30.5 Å². The van der Waals surface area contributed by atoms with Crippen LogP contribution in [0.2, 0.25) is 25.7 Å². The molecule has 0 bridgehead atoms. The number of nitrogens with zero attached hydrogens (tertiary/aromatic N) is 3. The predicted molar refractivity (Wildman–Crippen MR) is 130 cm³/mol. The summed E-state index contributed by atoms with van der Waals surface area (Å²) in [6.07, 6.45) is -3.11. The van der Waals surface area contributed by atoms with Crippen LogP contribution in [0.25, 0.3) is 11.1 Å². The van der Waals surface area contributed by atoms with Gasteiger partial charge in [0, 0.05) is 37.7 Å². The number of rotatable bonds is 7. The van der Waals surface area contributed by atoms with Crippen molar-refractivity contribution in [3.8, 4) is 11.1 Å². The number of nitrogens with two attached hydrogens (primary N) is 1. The number of benzene rings is 2. The molecule has 2 N–H and O–H groups in total. The largest absolute Gasteiger partial charge is 0.406 e. The van der Waals surface area contributed by atoms with E-state index < -0.39 is 38.7 Å². The van der Waals surface area contributed by atoms with Crippen molar-refractivity contribution >= 4 is 31.6 Å². The van der Waals surface area contributed by atoms with Crippen LogP contribution in [-0.2, 0) is 9.53 Å². The molecule has 34 heavy (non-hydrogen) atoms. The van der Waals surface area contributed by atoms with E-state index in [1.54, 1.807) is 35.3 Å². The number of carbonyl (C=O) groups excluding carboxylic acids is 1. The van der Waals surface area contributed by atoms with Gasteiger partial charge < -0.3 is 15.4 Å². The first-order valence-electron chi connectivity index (χ1n) is 11.2. The van der Waals surface area contributed by atoms with Crippen LogP contribution in [0.1, 0.15) is 11.6 Å². The Morgan fingerprint density at radius 3 is 2.56 bits per heavy atom. The maximum absolute atomic E-state index is 13.4. The summed E-state index contributed by atoms with van der Waals surface area (Å²) in [6, 6.07) is 12.8. The lowest BCUT2D eigenvalue weighted by atomic mass is 9.86. The summed E-state index contributed by atoms with van der Waals surface area (Å²) in [4.78, 5) is 14.0. The third kappa shape index (κ3) is 5.12. The van der Waals surface area contributed by atoms with Crippen molar-refractivity contribution in [1.82, 2.24) is 5.01 Å². The first-order valence-corrected chi connectivity index (χ1v) is 14.9. The molecule has 0 saturated carbocycles. The normalized spacial score (nSPS) is 20.0. The van der Waals surface area contributed by atoms with Crippen LogP contribution in [-0.4, -0.2) is 51.3 Å². The number of ether oxygens (including phenoxy) is 1. The molecule has 182 valence electrons. The van der Waals surface area contributed by atoms with Gasteiger partial charge in [-0.1, -0.05) is 50.0 Å². The molecular formula is C24H29F3N4O2Si. The Bertz CT molecular complexity index is 1100. The Labute approximate surface area is 198 Å². The lowest BCUT2D eigenvalue weighted by Crippen LogP contribution is -2.49.